The van der Waals surface area contributed by atoms with Crippen LogP contribution in [0.4, 0.5) is 10.1 Å². The van der Waals surface area contributed by atoms with E-state index in [0.29, 0.717) is 11.4 Å². The number of anilines is 1. The van der Waals surface area contributed by atoms with Crippen LogP contribution in [0.2, 0.25) is 0 Å². The maximum absolute atomic E-state index is 13.7. The number of halogens is 1. The molecule has 1 atom stereocenters. The fourth-order valence-electron chi connectivity index (χ4n) is 3.03. The number of ether oxygens (including phenoxy) is 1. The van der Waals surface area contributed by atoms with Gasteiger partial charge in [-0.3, -0.25) is 19.1 Å². The first-order valence-corrected chi connectivity index (χ1v) is 9.37. The SMILES string of the molecule is Cc1c(NC(=O)[C@H](C)OC(=O)Cc2ccccc2F)c(=O)n(-c2ccccc2)n1C. The monoisotopic (exact) mass is 411 g/mol. The molecule has 0 aliphatic carbocycles. The van der Waals surface area contributed by atoms with Crippen molar-refractivity contribution in [1.82, 2.24) is 9.36 Å². The number of rotatable bonds is 6. The molecule has 1 heterocycles. The van der Waals surface area contributed by atoms with E-state index in [1.807, 2.05) is 6.07 Å². The highest BCUT2D eigenvalue weighted by Gasteiger charge is 2.23. The molecule has 3 rings (SSSR count). The lowest BCUT2D eigenvalue weighted by Crippen LogP contribution is -2.32. The van der Waals surface area contributed by atoms with E-state index in [9.17, 15) is 18.8 Å². The van der Waals surface area contributed by atoms with Gasteiger partial charge in [-0.2, -0.15) is 0 Å². The molecule has 7 nitrogen and oxygen atoms in total. The average Bonchev–Trinajstić information content (AvgIpc) is 2.93. The van der Waals surface area contributed by atoms with E-state index in [2.05, 4.69) is 5.32 Å². The highest BCUT2D eigenvalue weighted by molar-refractivity contribution is 5.95. The molecule has 1 amide bonds. The van der Waals surface area contributed by atoms with Crippen LogP contribution in [-0.4, -0.2) is 27.3 Å². The Balaban J connectivity index is 1.72. The van der Waals surface area contributed by atoms with Crippen molar-refractivity contribution in [3.05, 3.63) is 82.0 Å². The summed E-state index contributed by atoms with van der Waals surface area (Å²) in [6.07, 6.45) is -1.45. The van der Waals surface area contributed by atoms with Crippen LogP contribution in [0.5, 0.6) is 0 Å². The highest BCUT2D eigenvalue weighted by atomic mass is 19.1. The predicted octanol–water partition coefficient (Wildman–Crippen LogP) is 2.74. The van der Waals surface area contributed by atoms with Gasteiger partial charge in [0, 0.05) is 7.05 Å². The van der Waals surface area contributed by atoms with Crippen molar-refractivity contribution >= 4 is 17.6 Å². The van der Waals surface area contributed by atoms with Gasteiger partial charge in [-0.15, -0.1) is 0 Å². The van der Waals surface area contributed by atoms with Crippen molar-refractivity contribution < 1.29 is 18.7 Å². The minimum absolute atomic E-state index is 0.100. The number of hydrogen-bond acceptors (Lipinski definition) is 4. The molecule has 0 radical (unpaired) electrons. The van der Waals surface area contributed by atoms with Gasteiger partial charge >= 0.3 is 5.97 Å². The molecular weight excluding hydrogens is 389 g/mol. The number of carbonyl (C=O) groups excluding carboxylic acids is 2. The fraction of sp³-hybridized carbons (Fsp3) is 0.227. The molecule has 0 bridgehead atoms. The van der Waals surface area contributed by atoms with Gasteiger partial charge in [-0.05, 0) is 37.6 Å². The normalized spacial score (nSPS) is 11.7. The quantitative estimate of drug-likeness (QED) is 0.633. The second-order valence-corrected chi connectivity index (χ2v) is 6.83. The van der Waals surface area contributed by atoms with E-state index in [1.165, 1.54) is 29.8 Å². The maximum Gasteiger partial charge on any atom is 0.311 e. The first-order chi connectivity index (χ1) is 14.3. The first kappa shape index (κ1) is 21.0. The third-order valence-corrected chi connectivity index (χ3v) is 4.77. The van der Waals surface area contributed by atoms with Gasteiger partial charge in [0.2, 0.25) is 0 Å². The summed E-state index contributed by atoms with van der Waals surface area (Å²) in [4.78, 5) is 37.4. The van der Waals surface area contributed by atoms with Crippen molar-refractivity contribution in [3.8, 4) is 5.69 Å². The highest BCUT2D eigenvalue weighted by Crippen LogP contribution is 2.15. The smallest absolute Gasteiger partial charge is 0.311 e. The minimum atomic E-state index is -1.16. The Kier molecular flexibility index (Phi) is 6.15. The van der Waals surface area contributed by atoms with Gasteiger partial charge in [0.1, 0.15) is 11.5 Å². The minimum Gasteiger partial charge on any atom is -0.452 e. The summed E-state index contributed by atoms with van der Waals surface area (Å²) in [7, 11) is 1.71. The lowest BCUT2D eigenvalue weighted by atomic mass is 10.1. The maximum atomic E-state index is 13.7. The number of aromatic nitrogens is 2. The van der Waals surface area contributed by atoms with Crippen LogP contribution < -0.4 is 10.9 Å². The Labute approximate surface area is 172 Å². The van der Waals surface area contributed by atoms with E-state index < -0.39 is 29.4 Å². The number of amides is 1. The Hall–Kier alpha value is -3.68. The molecule has 0 saturated carbocycles. The molecule has 0 unspecified atom stereocenters. The van der Waals surface area contributed by atoms with Crippen molar-refractivity contribution in [2.45, 2.75) is 26.4 Å². The Morgan fingerprint density at radius 2 is 1.73 bits per heavy atom. The van der Waals surface area contributed by atoms with Crippen molar-refractivity contribution in [2.75, 3.05) is 5.32 Å². The van der Waals surface area contributed by atoms with Gasteiger partial charge in [-0.1, -0.05) is 36.4 Å². The van der Waals surface area contributed by atoms with E-state index >= 15 is 0 Å². The molecule has 0 spiro atoms. The van der Waals surface area contributed by atoms with Crippen LogP contribution in [0.1, 0.15) is 18.2 Å². The number of nitrogens with zero attached hydrogens (tertiary/aromatic N) is 2. The van der Waals surface area contributed by atoms with Crippen LogP contribution in [0.25, 0.3) is 5.69 Å². The van der Waals surface area contributed by atoms with Crippen molar-refractivity contribution in [3.63, 3.8) is 0 Å². The summed E-state index contributed by atoms with van der Waals surface area (Å²) in [5, 5.41) is 2.55. The zero-order valence-electron chi connectivity index (χ0n) is 16.9. The van der Waals surface area contributed by atoms with Gasteiger partial charge in [0.15, 0.2) is 6.10 Å². The largest absolute Gasteiger partial charge is 0.452 e. The second-order valence-electron chi connectivity index (χ2n) is 6.83. The number of esters is 1. The van der Waals surface area contributed by atoms with Crippen molar-refractivity contribution in [1.29, 1.82) is 0 Å². The Bertz CT molecular complexity index is 1140. The summed E-state index contributed by atoms with van der Waals surface area (Å²) >= 11 is 0. The Morgan fingerprint density at radius 1 is 1.10 bits per heavy atom. The van der Waals surface area contributed by atoms with E-state index in [0.717, 1.165) is 0 Å². The third kappa shape index (κ3) is 4.32. The van der Waals surface area contributed by atoms with Gasteiger partial charge in [-0.25, -0.2) is 9.07 Å². The van der Waals surface area contributed by atoms with E-state index in [4.69, 9.17) is 4.74 Å². The molecule has 1 aromatic heterocycles. The molecule has 0 fully saturated rings. The molecular formula is C22H22FN3O4. The molecule has 2 aromatic carbocycles. The molecule has 3 aromatic rings. The molecule has 156 valence electrons. The lowest BCUT2D eigenvalue weighted by Gasteiger charge is -2.13. The van der Waals surface area contributed by atoms with Crippen LogP contribution >= 0.6 is 0 Å². The van der Waals surface area contributed by atoms with Gasteiger partial charge in [0.05, 0.1) is 17.8 Å². The lowest BCUT2D eigenvalue weighted by molar-refractivity contribution is -0.152. The number of benzene rings is 2. The summed E-state index contributed by atoms with van der Waals surface area (Å²) in [6.45, 7) is 3.09. The number of para-hydroxylation sites is 1. The van der Waals surface area contributed by atoms with E-state index in [-0.39, 0.29) is 17.7 Å². The standard InChI is InChI=1S/C22H22FN3O4/c1-14-20(22(29)26(25(14)3)17-10-5-4-6-11-17)24-21(28)15(2)30-19(27)13-16-9-7-8-12-18(16)23/h4-12,15H,13H2,1-3H3,(H,24,28)/t15-/m0/s1. The topological polar surface area (TPSA) is 82.3 Å². The fourth-order valence-corrected chi connectivity index (χ4v) is 3.03. The van der Waals surface area contributed by atoms with Crippen LogP contribution in [0, 0.1) is 12.7 Å². The Morgan fingerprint density at radius 3 is 2.40 bits per heavy atom. The molecule has 0 saturated heterocycles. The average molecular weight is 411 g/mol. The first-order valence-electron chi connectivity index (χ1n) is 9.37. The predicted molar refractivity (Wildman–Crippen MR) is 110 cm³/mol. The number of nitrogens with one attached hydrogen (secondary N) is 1. The van der Waals surface area contributed by atoms with E-state index in [1.54, 1.807) is 49.0 Å². The summed E-state index contributed by atoms with van der Waals surface area (Å²) in [5.74, 6) is -1.91. The van der Waals surface area contributed by atoms with Crippen molar-refractivity contribution in [2.24, 2.45) is 7.05 Å². The molecule has 0 aliphatic rings. The zero-order valence-corrected chi connectivity index (χ0v) is 16.9. The number of hydrogen-bond donors (Lipinski definition) is 1. The molecule has 1 N–H and O–H groups in total. The van der Waals surface area contributed by atoms with Crippen LogP contribution in [-0.2, 0) is 27.8 Å². The summed E-state index contributed by atoms with van der Waals surface area (Å²) in [5.41, 5.74) is 1.07. The summed E-state index contributed by atoms with van der Waals surface area (Å²) in [6, 6.07) is 14.8. The molecule has 8 heteroatoms. The van der Waals surface area contributed by atoms with Crippen LogP contribution in [0.15, 0.2) is 59.4 Å². The van der Waals surface area contributed by atoms with Gasteiger partial charge < -0.3 is 10.1 Å². The molecule has 30 heavy (non-hydrogen) atoms. The summed E-state index contributed by atoms with van der Waals surface area (Å²) < 4.78 is 21.8. The molecule has 0 aliphatic heterocycles. The third-order valence-electron chi connectivity index (χ3n) is 4.77. The number of carbonyl (C=O) groups is 2. The zero-order chi connectivity index (χ0) is 21.8. The van der Waals surface area contributed by atoms with Gasteiger partial charge in [0.25, 0.3) is 11.5 Å². The van der Waals surface area contributed by atoms with Crippen LogP contribution in [0.3, 0.4) is 0 Å². The second kappa shape index (κ2) is 8.77.